The minimum Gasteiger partial charge on any atom is -0.480 e. The lowest BCUT2D eigenvalue weighted by Crippen LogP contribution is -2.44. The Morgan fingerprint density at radius 1 is 1.35 bits per heavy atom. The van der Waals surface area contributed by atoms with Crippen LogP contribution in [0.1, 0.15) is 18.4 Å². The summed E-state index contributed by atoms with van der Waals surface area (Å²) >= 11 is 0. The smallest absolute Gasteiger partial charge is 0.320 e. The Hall–Kier alpha value is -2.48. The molecule has 0 unspecified atom stereocenters. The predicted octanol–water partition coefficient (Wildman–Crippen LogP) is 1.03. The summed E-state index contributed by atoms with van der Waals surface area (Å²) in [6.07, 6.45) is 1.96. The number of carbonyl (C=O) groups excluding carboxylic acids is 1. The second-order valence-corrected chi connectivity index (χ2v) is 5.83. The van der Waals surface area contributed by atoms with Crippen molar-refractivity contribution in [1.82, 2.24) is 4.90 Å². The zero-order chi connectivity index (χ0) is 16.6. The molecule has 8 heteroatoms. The molecule has 0 saturated carbocycles. The molecule has 1 fully saturated rings. The number of benzene rings is 1. The summed E-state index contributed by atoms with van der Waals surface area (Å²) in [4.78, 5) is 37.3. The van der Waals surface area contributed by atoms with Crippen LogP contribution in [0.4, 0.5) is 11.4 Å². The highest BCUT2D eigenvalue weighted by Crippen LogP contribution is 2.32. The number of aliphatic carboxylic acids is 1. The summed E-state index contributed by atoms with van der Waals surface area (Å²) in [6, 6.07) is 3.91. The number of nitro groups is 1. The van der Waals surface area contributed by atoms with Crippen molar-refractivity contribution < 1.29 is 19.6 Å². The molecule has 2 aliphatic heterocycles. The lowest BCUT2D eigenvalue weighted by Gasteiger charge is -2.24. The zero-order valence-corrected chi connectivity index (χ0v) is 12.5. The predicted molar refractivity (Wildman–Crippen MR) is 81.4 cm³/mol. The van der Waals surface area contributed by atoms with Crippen molar-refractivity contribution in [2.45, 2.75) is 25.3 Å². The largest absolute Gasteiger partial charge is 0.480 e. The van der Waals surface area contributed by atoms with Crippen molar-refractivity contribution in [3.8, 4) is 0 Å². The molecule has 122 valence electrons. The number of amides is 1. The van der Waals surface area contributed by atoms with Crippen molar-refractivity contribution in [3.05, 3.63) is 33.9 Å². The topological polar surface area (TPSA) is 104 Å². The quantitative estimate of drug-likeness (QED) is 0.656. The maximum absolute atomic E-state index is 12.5. The van der Waals surface area contributed by atoms with E-state index in [2.05, 4.69) is 0 Å². The van der Waals surface area contributed by atoms with Gasteiger partial charge in [-0.05, 0) is 31.4 Å². The van der Waals surface area contributed by atoms with Gasteiger partial charge in [-0.25, -0.2) is 0 Å². The van der Waals surface area contributed by atoms with Gasteiger partial charge in [0.25, 0.3) is 5.69 Å². The van der Waals surface area contributed by atoms with Crippen LogP contribution in [0.2, 0.25) is 0 Å². The van der Waals surface area contributed by atoms with Crippen molar-refractivity contribution in [2.24, 2.45) is 0 Å². The molecular weight excluding hydrogens is 302 g/mol. The first kappa shape index (κ1) is 15.4. The van der Waals surface area contributed by atoms with Crippen molar-refractivity contribution in [2.75, 3.05) is 24.5 Å². The average Bonchev–Trinajstić information content (AvgIpc) is 3.12. The molecule has 1 aromatic carbocycles. The number of likely N-dealkylation sites (tertiary alicyclic amines) is 1. The molecular formula is C15H17N3O5. The molecule has 23 heavy (non-hydrogen) atoms. The molecule has 1 saturated heterocycles. The van der Waals surface area contributed by atoms with Gasteiger partial charge in [-0.2, -0.15) is 0 Å². The van der Waals surface area contributed by atoms with Crippen LogP contribution in [0.15, 0.2) is 18.2 Å². The van der Waals surface area contributed by atoms with Crippen molar-refractivity contribution >= 4 is 23.3 Å². The third-order valence-corrected chi connectivity index (χ3v) is 4.46. The van der Waals surface area contributed by atoms with E-state index in [0.29, 0.717) is 31.6 Å². The molecule has 3 rings (SSSR count). The van der Waals surface area contributed by atoms with Gasteiger partial charge in [0.15, 0.2) is 0 Å². The average molecular weight is 319 g/mol. The third-order valence-electron chi connectivity index (χ3n) is 4.46. The van der Waals surface area contributed by atoms with E-state index in [4.69, 9.17) is 0 Å². The first-order valence-electron chi connectivity index (χ1n) is 7.52. The van der Waals surface area contributed by atoms with Crippen LogP contribution >= 0.6 is 0 Å². The number of fused-ring (bicyclic) bond motifs is 1. The van der Waals surface area contributed by atoms with Gasteiger partial charge in [0.05, 0.1) is 17.2 Å². The first-order chi connectivity index (χ1) is 11.0. The fourth-order valence-electron chi connectivity index (χ4n) is 3.29. The molecule has 0 radical (unpaired) electrons. The number of rotatable bonds is 4. The van der Waals surface area contributed by atoms with E-state index < -0.39 is 16.9 Å². The SMILES string of the molecule is O=C(O)[C@@H]1CCCN1CC(=O)N1CCc2ccc([N+](=O)[O-])cc21. The first-order valence-corrected chi connectivity index (χ1v) is 7.52. The van der Waals surface area contributed by atoms with Crippen LogP contribution in [0.3, 0.4) is 0 Å². The molecule has 0 bridgehead atoms. The Balaban J connectivity index is 1.76. The fourth-order valence-corrected chi connectivity index (χ4v) is 3.29. The Bertz CT molecular complexity index is 675. The summed E-state index contributed by atoms with van der Waals surface area (Å²) in [6.45, 7) is 1.08. The third kappa shape index (κ3) is 2.89. The van der Waals surface area contributed by atoms with Gasteiger partial charge in [-0.1, -0.05) is 6.07 Å². The van der Waals surface area contributed by atoms with Gasteiger partial charge in [0, 0.05) is 18.7 Å². The normalized spacial score (nSPS) is 20.5. The monoisotopic (exact) mass is 319 g/mol. The molecule has 0 spiro atoms. The molecule has 0 aliphatic carbocycles. The molecule has 2 aliphatic rings. The minimum atomic E-state index is -0.909. The van der Waals surface area contributed by atoms with Crippen molar-refractivity contribution in [1.29, 1.82) is 0 Å². The van der Waals surface area contributed by atoms with Gasteiger partial charge in [0.1, 0.15) is 6.04 Å². The number of nitrogens with zero attached hydrogens (tertiary/aromatic N) is 3. The van der Waals surface area contributed by atoms with Crippen LogP contribution in [0.5, 0.6) is 0 Å². The number of carboxylic acid groups (broad SMARTS) is 1. The number of carbonyl (C=O) groups is 2. The lowest BCUT2D eigenvalue weighted by molar-refractivity contribution is -0.384. The number of anilines is 1. The summed E-state index contributed by atoms with van der Waals surface area (Å²) in [5.41, 5.74) is 1.42. The van der Waals surface area contributed by atoms with E-state index in [9.17, 15) is 24.8 Å². The molecule has 8 nitrogen and oxygen atoms in total. The Labute approximate surface area is 132 Å². The van der Waals surface area contributed by atoms with E-state index in [1.165, 1.54) is 17.0 Å². The lowest BCUT2D eigenvalue weighted by atomic mass is 10.1. The van der Waals surface area contributed by atoms with Gasteiger partial charge >= 0.3 is 5.97 Å². The Morgan fingerprint density at radius 3 is 2.83 bits per heavy atom. The molecule has 1 aromatic rings. The number of carboxylic acids is 1. The van der Waals surface area contributed by atoms with Crippen LogP contribution < -0.4 is 4.90 Å². The van der Waals surface area contributed by atoms with E-state index >= 15 is 0 Å². The Kier molecular flexibility index (Phi) is 3.99. The van der Waals surface area contributed by atoms with E-state index in [1.54, 1.807) is 11.0 Å². The summed E-state index contributed by atoms with van der Waals surface area (Å²) in [5, 5.41) is 20.1. The molecule has 0 aromatic heterocycles. The van der Waals surface area contributed by atoms with Crippen LogP contribution in [-0.2, 0) is 16.0 Å². The van der Waals surface area contributed by atoms with E-state index in [-0.39, 0.29) is 18.1 Å². The highest BCUT2D eigenvalue weighted by Gasteiger charge is 2.34. The second-order valence-electron chi connectivity index (χ2n) is 5.83. The number of hydrogen-bond donors (Lipinski definition) is 1. The van der Waals surface area contributed by atoms with Gasteiger partial charge in [-0.3, -0.25) is 24.6 Å². The molecule has 2 heterocycles. The van der Waals surface area contributed by atoms with Crippen LogP contribution in [0, 0.1) is 10.1 Å². The number of nitro benzene ring substituents is 1. The van der Waals surface area contributed by atoms with Gasteiger partial charge in [-0.15, -0.1) is 0 Å². The highest BCUT2D eigenvalue weighted by atomic mass is 16.6. The van der Waals surface area contributed by atoms with Crippen LogP contribution in [0.25, 0.3) is 0 Å². The summed E-state index contributed by atoms with van der Waals surface area (Å²) < 4.78 is 0. The molecule has 1 atom stereocenters. The maximum atomic E-state index is 12.5. The number of hydrogen-bond acceptors (Lipinski definition) is 5. The fraction of sp³-hybridized carbons (Fsp3) is 0.467. The molecule has 1 amide bonds. The number of non-ortho nitro benzene ring substituents is 1. The standard InChI is InChI=1S/C15H17N3O5/c19-14(9-16-6-1-2-12(16)15(20)21)17-7-5-10-3-4-11(18(22)23)8-13(10)17/h3-4,8,12H,1-2,5-7,9H2,(H,20,21)/t12-/m0/s1. The van der Waals surface area contributed by atoms with Gasteiger partial charge < -0.3 is 10.0 Å². The Morgan fingerprint density at radius 2 is 2.13 bits per heavy atom. The zero-order valence-electron chi connectivity index (χ0n) is 12.5. The summed E-state index contributed by atoms with van der Waals surface area (Å²) in [7, 11) is 0. The second kappa shape index (κ2) is 5.96. The maximum Gasteiger partial charge on any atom is 0.320 e. The van der Waals surface area contributed by atoms with Gasteiger partial charge in [0.2, 0.25) is 5.91 Å². The minimum absolute atomic E-state index is 0.0269. The van der Waals surface area contributed by atoms with E-state index in [1.807, 2.05) is 0 Å². The van der Waals surface area contributed by atoms with Crippen molar-refractivity contribution in [3.63, 3.8) is 0 Å². The van der Waals surface area contributed by atoms with Crippen LogP contribution in [-0.4, -0.2) is 52.5 Å². The summed E-state index contributed by atoms with van der Waals surface area (Å²) in [5.74, 6) is -1.12. The molecule has 1 N–H and O–H groups in total. The van der Waals surface area contributed by atoms with E-state index in [0.717, 1.165) is 12.0 Å². The highest BCUT2D eigenvalue weighted by molar-refractivity contribution is 5.97.